The maximum absolute atomic E-state index is 9.21. The third-order valence-electron chi connectivity index (χ3n) is 3.54. The van der Waals surface area contributed by atoms with Gasteiger partial charge < -0.3 is 0 Å². The second-order valence-electron chi connectivity index (χ2n) is 5.16. The molecule has 10 heteroatoms. The molecule has 4 aromatic rings. The third-order valence-corrected chi connectivity index (χ3v) is 7.31. The fourth-order valence-corrected chi connectivity index (χ4v) is 5.52. The minimum absolute atomic E-state index is 0.123. The first-order valence-electron chi connectivity index (χ1n) is 7.41. The van der Waals surface area contributed by atoms with Crippen LogP contribution in [0.4, 0.5) is 0 Å². The summed E-state index contributed by atoms with van der Waals surface area (Å²) in [5.74, 6) is 0. The Kier molecular flexibility index (Phi) is 5.10. The summed E-state index contributed by atoms with van der Waals surface area (Å²) in [4.78, 5) is 18.0. The fraction of sp³-hybridized carbons (Fsp3) is 0.200. The standard InChI is InChI=1S/C15H11AsBrN5OS2/c16-12-10-13(19-7-18-12)22(5-2-6-23)14(21-10)25-15-20-9-4-1-3-8(17)11(9)24-15/h1,3-4,7,23H,2,5-6H2. The Bertz CT molecular complexity index is 1070. The van der Waals surface area contributed by atoms with Crippen molar-refractivity contribution in [2.24, 2.45) is 0 Å². The van der Waals surface area contributed by atoms with Crippen molar-refractivity contribution in [2.45, 2.75) is 22.5 Å². The molecule has 0 atom stereocenters. The van der Waals surface area contributed by atoms with Crippen molar-refractivity contribution in [3.05, 3.63) is 29.0 Å². The zero-order valence-electron chi connectivity index (χ0n) is 12.8. The van der Waals surface area contributed by atoms with Gasteiger partial charge in [-0.1, -0.05) is 0 Å². The Morgan fingerprint density at radius 3 is 2.96 bits per heavy atom. The van der Waals surface area contributed by atoms with Crippen molar-refractivity contribution in [3.63, 3.8) is 0 Å². The molecule has 126 valence electrons. The topological polar surface area (TPSA) is 76.7 Å². The van der Waals surface area contributed by atoms with Gasteiger partial charge in [0.05, 0.1) is 0 Å². The van der Waals surface area contributed by atoms with Gasteiger partial charge in [0.15, 0.2) is 0 Å². The number of imidazole rings is 1. The predicted octanol–water partition coefficient (Wildman–Crippen LogP) is 2.53. The van der Waals surface area contributed by atoms with E-state index in [9.17, 15) is 5.11 Å². The van der Waals surface area contributed by atoms with Crippen LogP contribution in [0.15, 0.2) is 38.5 Å². The number of hydrogen-bond donors (Lipinski definition) is 1. The van der Waals surface area contributed by atoms with Crippen LogP contribution in [0.1, 0.15) is 6.42 Å². The first-order valence-corrected chi connectivity index (χ1v) is 10.8. The van der Waals surface area contributed by atoms with Crippen LogP contribution >= 0.6 is 39.0 Å². The van der Waals surface area contributed by atoms with Gasteiger partial charge in [0.1, 0.15) is 0 Å². The van der Waals surface area contributed by atoms with Gasteiger partial charge in [-0.3, -0.25) is 0 Å². The van der Waals surface area contributed by atoms with E-state index in [1.54, 1.807) is 11.3 Å². The molecule has 0 aliphatic rings. The average molecular weight is 496 g/mol. The second kappa shape index (κ2) is 7.32. The van der Waals surface area contributed by atoms with Gasteiger partial charge in [0.25, 0.3) is 0 Å². The Morgan fingerprint density at radius 2 is 2.16 bits per heavy atom. The molecule has 4 rings (SSSR count). The van der Waals surface area contributed by atoms with Crippen molar-refractivity contribution in [2.75, 3.05) is 6.61 Å². The Hall–Kier alpha value is -0.992. The number of rotatable bonds is 5. The Labute approximate surface area is 168 Å². The molecule has 2 radical (unpaired) electrons. The van der Waals surface area contributed by atoms with Gasteiger partial charge in [-0.05, 0) is 0 Å². The monoisotopic (exact) mass is 495 g/mol. The zero-order chi connectivity index (χ0) is 17.4. The molecule has 25 heavy (non-hydrogen) atoms. The number of fused-ring (bicyclic) bond motifs is 2. The van der Waals surface area contributed by atoms with E-state index in [4.69, 9.17) is 9.97 Å². The fourth-order valence-electron chi connectivity index (χ4n) is 2.43. The zero-order valence-corrected chi connectivity index (χ0v) is 17.9. The molecule has 1 N–H and O–H groups in total. The molecule has 0 bridgehead atoms. The number of aliphatic hydroxyl groups is 1. The number of benzene rings is 1. The van der Waals surface area contributed by atoms with Crippen LogP contribution in [0.3, 0.4) is 0 Å². The van der Waals surface area contributed by atoms with Crippen LogP contribution in [0.5, 0.6) is 0 Å². The van der Waals surface area contributed by atoms with Gasteiger partial charge in [-0.2, -0.15) is 0 Å². The Balaban J connectivity index is 1.79. The molecule has 0 fully saturated rings. The third kappa shape index (κ3) is 3.36. The quantitative estimate of drug-likeness (QED) is 0.429. The van der Waals surface area contributed by atoms with Crippen molar-refractivity contribution in [1.29, 1.82) is 0 Å². The van der Waals surface area contributed by atoms with Crippen LogP contribution in [0.2, 0.25) is 0 Å². The van der Waals surface area contributed by atoms with E-state index in [2.05, 4.69) is 42.8 Å². The van der Waals surface area contributed by atoms with Gasteiger partial charge in [0, 0.05) is 0 Å². The molecule has 0 spiro atoms. The van der Waals surface area contributed by atoms with E-state index in [0.717, 1.165) is 39.8 Å². The van der Waals surface area contributed by atoms with Gasteiger partial charge in [-0.25, -0.2) is 0 Å². The molecular formula is C15H11AsBrN5OS2. The van der Waals surface area contributed by atoms with Gasteiger partial charge in [-0.15, -0.1) is 0 Å². The summed E-state index contributed by atoms with van der Waals surface area (Å²) >= 11 is 9.15. The van der Waals surface area contributed by atoms with Crippen molar-refractivity contribution in [3.8, 4) is 0 Å². The summed E-state index contributed by atoms with van der Waals surface area (Å²) in [6.45, 7) is 0.769. The van der Waals surface area contributed by atoms with E-state index < -0.39 is 0 Å². The number of aliphatic hydroxyl groups excluding tert-OH is 1. The van der Waals surface area contributed by atoms with Gasteiger partial charge in [0.2, 0.25) is 0 Å². The molecule has 0 saturated heterocycles. The van der Waals surface area contributed by atoms with E-state index in [0.29, 0.717) is 13.0 Å². The number of aromatic nitrogens is 5. The number of nitrogens with zero attached hydrogens (tertiary/aromatic N) is 5. The van der Waals surface area contributed by atoms with Crippen LogP contribution in [0.25, 0.3) is 21.4 Å². The molecular weight excluding hydrogens is 485 g/mol. The van der Waals surface area contributed by atoms with Crippen LogP contribution < -0.4 is 4.48 Å². The van der Waals surface area contributed by atoms with E-state index in [-0.39, 0.29) is 6.61 Å². The van der Waals surface area contributed by atoms with E-state index in [1.165, 1.54) is 18.1 Å². The number of hydrogen-bond acceptors (Lipinski definition) is 7. The normalized spacial score (nSPS) is 11.6. The maximum atomic E-state index is 9.21. The second-order valence-corrected chi connectivity index (χ2v) is 9.12. The molecule has 3 heterocycles. The summed E-state index contributed by atoms with van der Waals surface area (Å²) in [5.41, 5.74) is 2.52. The molecule has 0 amide bonds. The Morgan fingerprint density at radius 1 is 1.28 bits per heavy atom. The van der Waals surface area contributed by atoms with Crippen molar-refractivity contribution in [1.82, 2.24) is 24.5 Å². The van der Waals surface area contributed by atoms with Gasteiger partial charge >= 0.3 is 169 Å². The number of aryl methyl sites for hydroxylation is 1. The molecule has 3 aromatic heterocycles. The summed E-state index contributed by atoms with van der Waals surface area (Å²) in [6, 6.07) is 6.00. The molecule has 0 saturated carbocycles. The average Bonchev–Trinajstić information content (AvgIpc) is 3.16. The summed E-state index contributed by atoms with van der Waals surface area (Å²) in [5, 5.41) is 10.0. The van der Waals surface area contributed by atoms with Crippen LogP contribution in [-0.4, -0.2) is 53.1 Å². The minimum atomic E-state index is 0.123. The van der Waals surface area contributed by atoms with Crippen molar-refractivity contribution >= 4 is 81.7 Å². The molecule has 6 nitrogen and oxygen atoms in total. The SMILES string of the molecule is OCCCn1c(Sc2nc3cccc(Br)c3s2)nc2c([As])ncnc21. The summed E-state index contributed by atoms with van der Waals surface area (Å²) < 4.78 is 5.89. The molecule has 0 aliphatic carbocycles. The van der Waals surface area contributed by atoms with E-state index >= 15 is 0 Å². The van der Waals surface area contributed by atoms with Crippen LogP contribution in [0, 0.1) is 0 Å². The summed E-state index contributed by atoms with van der Waals surface area (Å²) in [6.07, 6.45) is 2.18. The summed E-state index contributed by atoms with van der Waals surface area (Å²) in [7, 11) is 0. The molecule has 0 aliphatic heterocycles. The predicted molar refractivity (Wildman–Crippen MR) is 104 cm³/mol. The number of halogens is 1. The molecule has 0 unspecified atom stereocenters. The first kappa shape index (κ1) is 17.4. The first-order chi connectivity index (χ1) is 12.2. The molecule has 1 aromatic carbocycles. The van der Waals surface area contributed by atoms with Crippen LogP contribution in [-0.2, 0) is 6.54 Å². The number of thiazole rings is 1. The van der Waals surface area contributed by atoms with Crippen molar-refractivity contribution < 1.29 is 5.11 Å². The van der Waals surface area contributed by atoms with E-state index in [1.807, 2.05) is 22.8 Å².